The van der Waals surface area contributed by atoms with Crippen LogP contribution in [0.2, 0.25) is 0 Å². The van der Waals surface area contributed by atoms with E-state index < -0.39 is 0 Å². The van der Waals surface area contributed by atoms with Crippen molar-refractivity contribution in [3.05, 3.63) is 0 Å². The molecule has 2 fully saturated rings. The van der Waals surface area contributed by atoms with Crippen molar-refractivity contribution < 1.29 is 0 Å². The molecule has 0 aromatic carbocycles. The molecule has 78 valence electrons. The minimum atomic E-state index is 0.755. The van der Waals surface area contributed by atoms with Gasteiger partial charge in [0.2, 0.25) is 0 Å². The third kappa shape index (κ3) is 2.27. The summed E-state index contributed by atoms with van der Waals surface area (Å²) in [6.45, 7) is 7.87. The molecule has 0 aliphatic carbocycles. The van der Waals surface area contributed by atoms with E-state index in [0.717, 1.165) is 25.7 Å². The van der Waals surface area contributed by atoms with Crippen LogP contribution in [0.15, 0.2) is 0 Å². The van der Waals surface area contributed by atoms with Crippen molar-refractivity contribution in [1.29, 1.82) is 0 Å². The van der Waals surface area contributed by atoms with Crippen LogP contribution in [-0.4, -0.2) is 61.7 Å². The molecule has 14 heavy (non-hydrogen) atoms. The average molecular weight is 193 g/mol. The Morgan fingerprint density at radius 3 is 2.79 bits per heavy atom. The second-order valence-electron chi connectivity index (χ2n) is 4.17. The molecule has 2 saturated heterocycles. The van der Waals surface area contributed by atoms with Crippen LogP contribution >= 0.6 is 0 Å². The van der Waals surface area contributed by atoms with E-state index in [-0.39, 0.29) is 0 Å². The fourth-order valence-electron chi connectivity index (χ4n) is 2.43. The summed E-state index contributed by atoms with van der Waals surface area (Å²) >= 11 is 0. The van der Waals surface area contributed by atoms with Crippen molar-refractivity contribution in [2.24, 2.45) is 0 Å². The average Bonchev–Trinajstić information content (AvgIpc) is 2.68. The van der Waals surface area contributed by atoms with Crippen LogP contribution in [0.25, 0.3) is 0 Å². The smallest absolute Gasteiger partial charge is 0.0599 e. The van der Waals surface area contributed by atoms with Gasteiger partial charge in [0.15, 0.2) is 0 Å². The van der Waals surface area contributed by atoms with E-state index >= 15 is 0 Å². The molecule has 0 aromatic rings. The normalized spacial score (nSPS) is 30.4. The van der Waals surface area contributed by atoms with E-state index in [9.17, 15) is 0 Å². The first kappa shape index (κ1) is 9.97. The fraction of sp³-hybridized carbons (Fsp3) is 0.818. The summed E-state index contributed by atoms with van der Waals surface area (Å²) in [5, 5.41) is 3.39. The molecule has 2 aliphatic rings. The molecule has 0 saturated carbocycles. The zero-order valence-electron chi connectivity index (χ0n) is 8.71. The van der Waals surface area contributed by atoms with Crippen molar-refractivity contribution in [3.8, 4) is 12.3 Å². The number of nitrogens with one attached hydrogen (secondary N) is 1. The molecule has 0 amide bonds. The maximum atomic E-state index is 5.32. The van der Waals surface area contributed by atoms with Gasteiger partial charge >= 0.3 is 0 Å². The lowest BCUT2D eigenvalue weighted by Gasteiger charge is -2.32. The van der Waals surface area contributed by atoms with Gasteiger partial charge in [-0.1, -0.05) is 5.92 Å². The first-order valence-corrected chi connectivity index (χ1v) is 5.51. The van der Waals surface area contributed by atoms with Gasteiger partial charge in [0, 0.05) is 45.3 Å². The first-order valence-electron chi connectivity index (χ1n) is 5.51. The van der Waals surface area contributed by atoms with E-state index in [2.05, 4.69) is 21.0 Å². The lowest BCUT2D eigenvalue weighted by Crippen LogP contribution is -2.49. The molecule has 1 atom stereocenters. The number of likely N-dealkylation sites (tertiary alicyclic amines) is 1. The molecule has 2 heterocycles. The first-order chi connectivity index (χ1) is 6.90. The summed E-state index contributed by atoms with van der Waals surface area (Å²) < 4.78 is 0. The van der Waals surface area contributed by atoms with Crippen molar-refractivity contribution in [1.82, 2.24) is 15.1 Å². The molecule has 0 spiro atoms. The van der Waals surface area contributed by atoms with Crippen LogP contribution in [-0.2, 0) is 0 Å². The van der Waals surface area contributed by atoms with Crippen LogP contribution in [0.5, 0.6) is 0 Å². The van der Waals surface area contributed by atoms with Gasteiger partial charge in [-0.25, -0.2) is 0 Å². The molecule has 2 aliphatic heterocycles. The zero-order valence-corrected chi connectivity index (χ0v) is 8.71. The standard InChI is InChI=1S/C11H19N3/c1-2-6-13-7-3-11(10-13)14-8-4-12-5-9-14/h1,11-12H,3-10H2. The highest BCUT2D eigenvalue weighted by molar-refractivity contribution is 4.93. The molecule has 0 bridgehead atoms. The lowest BCUT2D eigenvalue weighted by molar-refractivity contribution is 0.174. The summed E-state index contributed by atoms with van der Waals surface area (Å²) in [6.07, 6.45) is 6.61. The van der Waals surface area contributed by atoms with Crippen LogP contribution in [0, 0.1) is 12.3 Å². The maximum Gasteiger partial charge on any atom is 0.0599 e. The predicted molar refractivity (Wildman–Crippen MR) is 58.1 cm³/mol. The van der Waals surface area contributed by atoms with Gasteiger partial charge < -0.3 is 5.32 Å². The monoisotopic (exact) mass is 193 g/mol. The lowest BCUT2D eigenvalue weighted by atomic mass is 10.2. The molecule has 1 unspecified atom stereocenters. The van der Waals surface area contributed by atoms with E-state index in [0.29, 0.717) is 0 Å². The van der Waals surface area contributed by atoms with Gasteiger partial charge in [-0.15, -0.1) is 6.42 Å². The van der Waals surface area contributed by atoms with Crippen molar-refractivity contribution in [3.63, 3.8) is 0 Å². The molecule has 0 radical (unpaired) electrons. The van der Waals surface area contributed by atoms with Gasteiger partial charge in [-0.2, -0.15) is 0 Å². The largest absolute Gasteiger partial charge is 0.314 e. The SMILES string of the molecule is C#CCN1CCC(N2CCNCC2)C1. The number of rotatable bonds is 2. The molecule has 2 rings (SSSR count). The number of hydrogen-bond acceptors (Lipinski definition) is 3. The highest BCUT2D eigenvalue weighted by atomic mass is 15.3. The third-order valence-corrected chi connectivity index (χ3v) is 3.23. The Hall–Kier alpha value is -0.560. The Morgan fingerprint density at radius 1 is 1.29 bits per heavy atom. The number of nitrogens with zero attached hydrogens (tertiary/aromatic N) is 2. The van der Waals surface area contributed by atoms with Gasteiger partial charge in [0.05, 0.1) is 6.54 Å². The molecule has 3 nitrogen and oxygen atoms in total. The second kappa shape index (κ2) is 4.79. The van der Waals surface area contributed by atoms with E-state index in [4.69, 9.17) is 6.42 Å². The second-order valence-corrected chi connectivity index (χ2v) is 4.17. The Kier molecular flexibility index (Phi) is 3.41. The van der Waals surface area contributed by atoms with Crippen molar-refractivity contribution in [2.45, 2.75) is 12.5 Å². The topological polar surface area (TPSA) is 18.5 Å². The van der Waals surface area contributed by atoms with E-state index in [1.807, 2.05) is 0 Å². The molecule has 1 N–H and O–H groups in total. The summed E-state index contributed by atoms with van der Waals surface area (Å²) in [5.41, 5.74) is 0. The maximum absolute atomic E-state index is 5.32. The fourth-order valence-corrected chi connectivity index (χ4v) is 2.43. The molecule has 0 aromatic heterocycles. The highest BCUT2D eigenvalue weighted by Gasteiger charge is 2.27. The van der Waals surface area contributed by atoms with Gasteiger partial charge in [-0.05, 0) is 6.42 Å². The van der Waals surface area contributed by atoms with Crippen LogP contribution in [0.4, 0.5) is 0 Å². The third-order valence-electron chi connectivity index (χ3n) is 3.23. The summed E-state index contributed by atoms with van der Waals surface area (Å²) in [5.74, 6) is 2.73. The number of terminal acetylenes is 1. The molecule has 3 heteroatoms. The quantitative estimate of drug-likeness (QED) is 0.602. The number of piperazine rings is 1. The Balaban J connectivity index is 1.79. The minimum Gasteiger partial charge on any atom is -0.314 e. The molecular formula is C11H19N3. The summed E-state index contributed by atoms with van der Waals surface area (Å²) in [7, 11) is 0. The van der Waals surface area contributed by atoms with Crippen LogP contribution in [0.1, 0.15) is 6.42 Å². The molecular weight excluding hydrogens is 174 g/mol. The predicted octanol–water partition coefficient (Wildman–Crippen LogP) is -0.401. The van der Waals surface area contributed by atoms with Gasteiger partial charge in [0.1, 0.15) is 0 Å². The van der Waals surface area contributed by atoms with Crippen LogP contribution < -0.4 is 5.32 Å². The van der Waals surface area contributed by atoms with Gasteiger partial charge in [-0.3, -0.25) is 9.80 Å². The summed E-state index contributed by atoms with van der Waals surface area (Å²) in [4.78, 5) is 4.99. The Labute approximate surface area is 86.4 Å². The van der Waals surface area contributed by atoms with Crippen LogP contribution in [0.3, 0.4) is 0 Å². The van der Waals surface area contributed by atoms with E-state index in [1.165, 1.54) is 32.6 Å². The zero-order chi connectivity index (χ0) is 9.80. The van der Waals surface area contributed by atoms with Gasteiger partial charge in [0.25, 0.3) is 0 Å². The summed E-state index contributed by atoms with van der Waals surface area (Å²) in [6, 6.07) is 0.755. The Bertz CT molecular complexity index is 215. The highest BCUT2D eigenvalue weighted by Crippen LogP contribution is 2.15. The minimum absolute atomic E-state index is 0.755. The van der Waals surface area contributed by atoms with Crippen molar-refractivity contribution >= 4 is 0 Å². The number of hydrogen-bond donors (Lipinski definition) is 1. The Morgan fingerprint density at radius 2 is 2.07 bits per heavy atom. The van der Waals surface area contributed by atoms with E-state index in [1.54, 1.807) is 0 Å². The van der Waals surface area contributed by atoms with Crippen molar-refractivity contribution in [2.75, 3.05) is 45.8 Å².